The van der Waals surface area contributed by atoms with E-state index in [1.807, 2.05) is 0 Å². The highest BCUT2D eigenvalue weighted by atomic mass is 32.2. The van der Waals surface area contributed by atoms with Gasteiger partial charge in [-0.1, -0.05) is 17.3 Å². The number of nitrogens with zero attached hydrogens (tertiary/aromatic N) is 1. The van der Waals surface area contributed by atoms with Crippen LogP contribution >= 0.6 is 0 Å². The lowest BCUT2D eigenvalue weighted by Gasteiger charge is -2.00. The van der Waals surface area contributed by atoms with Crippen LogP contribution in [0.3, 0.4) is 0 Å². The molecule has 2 rings (SSSR count). The molecule has 0 amide bonds. The molecule has 0 aliphatic carbocycles. The summed E-state index contributed by atoms with van der Waals surface area (Å²) in [5.41, 5.74) is 0.517. The largest absolute Gasteiger partial charge is 0.377 e. The highest BCUT2D eigenvalue weighted by Crippen LogP contribution is 2.16. The number of halogens is 1. The third-order valence-electron chi connectivity index (χ3n) is 2.26. The first-order chi connectivity index (χ1) is 8.70. The maximum absolute atomic E-state index is 13.4. The van der Waals surface area contributed by atoms with Gasteiger partial charge >= 0.3 is 0 Å². The first-order valence-electron chi connectivity index (χ1n) is 5.27. The molecule has 1 aromatic heterocycles. The summed E-state index contributed by atoms with van der Waals surface area (Å²) < 4.78 is 35.2. The molecule has 2 aromatic rings. The molecular weight excluding hydrogens is 257 g/mol. The molecule has 1 unspecified atom stereocenters. The first kappa shape index (κ1) is 12.9. The highest BCUT2D eigenvalue weighted by molar-refractivity contribution is 7.84. The Morgan fingerprint density at radius 2 is 2.22 bits per heavy atom. The summed E-state index contributed by atoms with van der Waals surface area (Å²) in [6, 6.07) is 7.65. The van der Waals surface area contributed by atoms with Crippen molar-refractivity contribution >= 4 is 10.8 Å². The van der Waals surface area contributed by atoms with E-state index in [0.29, 0.717) is 18.1 Å². The Morgan fingerprint density at radius 3 is 2.94 bits per heavy atom. The third-order valence-corrected chi connectivity index (χ3v) is 3.63. The van der Waals surface area contributed by atoms with E-state index in [9.17, 15) is 8.60 Å². The topological polar surface area (TPSA) is 52.3 Å². The van der Waals surface area contributed by atoms with E-state index >= 15 is 0 Å². The molecule has 18 heavy (non-hydrogen) atoms. The maximum atomic E-state index is 13.4. The van der Waals surface area contributed by atoms with Crippen molar-refractivity contribution in [2.75, 3.05) is 7.11 Å². The van der Waals surface area contributed by atoms with Crippen molar-refractivity contribution in [2.45, 2.75) is 17.3 Å². The lowest BCUT2D eigenvalue weighted by Crippen LogP contribution is -1.99. The molecule has 1 heterocycles. The van der Waals surface area contributed by atoms with Crippen LogP contribution in [0.15, 0.2) is 39.8 Å². The van der Waals surface area contributed by atoms with Crippen LogP contribution in [-0.2, 0) is 27.9 Å². The zero-order valence-corrected chi connectivity index (χ0v) is 10.6. The number of benzene rings is 1. The summed E-state index contributed by atoms with van der Waals surface area (Å²) in [4.78, 5) is 0.175. The lowest BCUT2D eigenvalue weighted by molar-refractivity contribution is 0.156. The molecule has 1 atom stereocenters. The SMILES string of the molecule is COCc1cc(CS(=O)c2ccccc2F)no1. The van der Waals surface area contributed by atoms with E-state index in [4.69, 9.17) is 9.26 Å². The summed E-state index contributed by atoms with van der Waals surface area (Å²) >= 11 is 0. The van der Waals surface area contributed by atoms with Gasteiger partial charge in [-0.25, -0.2) is 4.39 Å². The van der Waals surface area contributed by atoms with Crippen LogP contribution in [0, 0.1) is 5.82 Å². The summed E-state index contributed by atoms with van der Waals surface area (Å²) in [6.45, 7) is 0.305. The molecule has 96 valence electrons. The Balaban J connectivity index is 2.09. The maximum Gasteiger partial charge on any atom is 0.162 e. The molecular formula is C12H12FNO3S. The van der Waals surface area contributed by atoms with Gasteiger partial charge in [-0.2, -0.15) is 0 Å². The zero-order chi connectivity index (χ0) is 13.0. The second-order valence-corrected chi connectivity index (χ2v) is 5.06. The Labute approximate surface area is 106 Å². The minimum atomic E-state index is -1.47. The van der Waals surface area contributed by atoms with E-state index in [0.717, 1.165) is 0 Å². The number of aromatic nitrogens is 1. The van der Waals surface area contributed by atoms with Crippen molar-refractivity contribution in [3.63, 3.8) is 0 Å². The fourth-order valence-corrected chi connectivity index (χ4v) is 2.55. The second kappa shape index (κ2) is 5.88. The Morgan fingerprint density at radius 1 is 1.44 bits per heavy atom. The molecule has 0 saturated heterocycles. The minimum Gasteiger partial charge on any atom is -0.377 e. The molecule has 0 bridgehead atoms. The third kappa shape index (κ3) is 3.02. The molecule has 4 nitrogen and oxygen atoms in total. The van der Waals surface area contributed by atoms with Crippen molar-refractivity contribution in [3.05, 3.63) is 47.6 Å². The average molecular weight is 269 g/mol. The molecule has 6 heteroatoms. The van der Waals surface area contributed by atoms with Crippen LogP contribution in [0.2, 0.25) is 0 Å². The second-order valence-electron chi connectivity index (χ2n) is 3.64. The Kier molecular flexibility index (Phi) is 4.22. The number of rotatable bonds is 5. The van der Waals surface area contributed by atoms with Crippen LogP contribution in [-0.4, -0.2) is 16.5 Å². The Hall–Kier alpha value is -1.53. The van der Waals surface area contributed by atoms with Crippen molar-refractivity contribution in [2.24, 2.45) is 0 Å². The van der Waals surface area contributed by atoms with Crippen molar-refractivity contribution in [1.29, 1.82) is 0 Å². The van der Waals surface area contributed by atoms with Gasteiger partial charge in [0.15, 0.2) is 5.76 Å². The molecule has 0 saturated carbocycles. The van der Waals surface area contributed by atoms with E-state index in [1.54, 1.807) is 25.3 Å². The molecule has 0 aliphatic rings. The summed E-state index contributed by atoms with van der Waals surface area (Å²) in [5.74, 6) is 0.197. The summed E-state index contributed by atoms with van der Waals surface area (Å²) in [7, 11) is 0.0665. The molecule has 0 N–H and O–H groups in total. The summed E-state index contributed by atoms with van der Waals surface area (Å²) in [5, 5.41) is 3.76. The van der Waals surface area contributed by atoms with Gasteiger partial charge in [0.1, 0.15) is 12.4 Å². The Bertz CT molecular complexity index is 556. The minimum absolute atomic E-state index is 0.119. The number of hydrogen-bond donors (Lipinski definition) is 0. The smallest absolute Gasteiger partial charge is 0.162 e. The van der Waals surface area contributed by atoms with Crippen molar-refractivity contribution in [3.8, 4) is 0 Å². The summed E-state index contributed by atoms with van der Waals surface area (Å²) in [6.07, 6.45) is 0. The number of ether oxygens (including phenoxy) is 1. The van der Waals surface area contributed by atoms with Gasteiger partial charge in [0, 0.05) is 13.2 Å². The molecule has 0 aliphatic heterocycles. The monoisotopic (exact) mass is 269 g/mol. The highest BCUT2D eigenvalue weighted by Gasteiger charge is 2.13. The standard InChI is InChI=1S/C12H12FNO3S/c1-16-7-10-6-9(14-17-10)8-18(15)12-5-3-2-4-11(12)13/h2-6H,7-8H2,1H3. The zero-order valence-electron chi connectivity index (χ0n) is 9.76. The quantitative estimate of drug-likeness (QED) is 0.835. The van der Waals surface area contributed by atoms with Gasteiger partial charge in [0.2, 0.25) is 0 Å². The fourth-order valence-electron chi connectivity index (χ4n) is 1.48. The van der Waals surface area contributed by atoms with Crippen LogP contribution in [0.25, 0.3) is 0 Å². The fraction of sp³-hybridized carbons (Fsp3) is 0.250. The molecule has 0 fully saturated rings. The van der Waals surface area contributed by atoms with Gasteiger partial charge < -0.3 is 9.26 Å². The van der Waals surface area contributed by atoms with E-state index in [2.05, 4.69) is 5.16 Å². The van der Waals surface area contributed by atoms with E-state index < -0.39 is 16.6 Å². The molecule has 1 aromatic carbocycles. The molecule has 0 radical (unpaired) electrons. The van der Waals surface area contributed by atoms with E-state index in [-0.39, 0.29) is 10.6 Å². The van der Waals surface area contributed by atoms with Crippen LogP contribution < -0.4 is 0 Å². The predicted octanol–water partition coefficient (Wildman–Crippen LogP) is 2.27. The molecule has 0 spiro atoms. The van der Waals surface area contributed by atoms with Gasteiger partial charge in [-0.15, -0.1) is 0 Å². The number of methoxy groups -OCH3 is 1. The van der Waals surface area contributed by atoms with E-state index in [1.165, 1.54) is 12.1 Å². The van der Waals surface area contributed by atoms with Gasteiger partial charge in [-0.3, -0.25) is 4.21 Å². The van der Waals surface area contributed by atoms with Crippen molar-refractivity contribution < 1.29 is 17.9 Å². The van der Waals surface area contributed by atoms with Crippen LogP contribution in [0.4, 0.5) is 4.39 Å². The van der Waals surface area contributed by atoms with Crippen LogP contribution in [0.1, 0.15) is 11.5 Å². The number of hydrogen-bond acceptors (Lipinski definition) is 4. The first-order valence-corrected chi connectivity index (χ1v) is 6.59. The van der Waals surface area contributed by atoms with Gasteiger partial charge in [0.25, 0.3) is 0 Å². The average Bonchev–Trinajstić information content (AvgIpc) is 2.77. The van der Waals surface area contributed by atoms with Crippen LogP contribution in [0.5, 0.6) is 0 Å². The van der Waals surface area contributed by atoms with Crippen molar-refractivity contribution in [1.82, 2.24) is 5.16 Å². The normalized spacial score (nSPS) is 12.6. The predicted molar refractivity (Wildman–Crippen MR) is 63.7 cm³/mol. The van der Waals surface area contributed by atoms with Gasteiger partial charge in [0.05, 0.1) is 27.1 Å². The van der Waals surface area contributed by atoms with Gasteiger partial charge in [-0.05, 0) is 12.1 Å². The lowest BCUT2D eigenvalue weighted by atomic mass is 10.3.